The van der Waals surface area contributed by atoms with Crippen LogP contribution < -0.4 is 4.74 Å². The Morgan fingerprint density at radius 2 is 1.88 bits per heavy atom. The van der Waals surface area contributed by atoms with E-state index in [0.29, 0.717) is 11.7 Å². The highest BCUT2D eigenvalue weighted by molar-refractivity contribution is 5.72. The lowest BCUT2D eigenvalue weighted by molar-refractivity contribution is -0.144. The largest absolute Gasteiger partial charge is 0.479 e. The highest BCUT2D eigenvalue weighted by Crippen LogP contribution is 2.23. The van der Waals surface area contributed by atoms with Crippen LogP contribution in [0.2, 0.25) is 0 Å². The third kappa shape index (κ3) is 3.26. The Balaban J connectivity index is 2.92. The van der Waals surface area contributed by atoms with Gasteiger partial charge in [0.05, 0.1) is 0 Å². The normalized spacial score (nSPS) is 12.6. The molecule has 0 heterocycles. The molecular weight excluding hydrogens is 204 g/mol. The van der Waals surface area contributed by atoms with Gasteiger partial charge in [-0.05, 0) is 43.0 Å². The van der Waals surface area contributed by atoms with Crippen molar-refractivity contribution in [1.29, 1.82) is 0 Å². The minimum absolute atomic E-state index is 0.405. The fourth-order valence-corrected chi connectivity index (χ4v) is 1.43. The third-order valence-electron chi connectivity index (χ3n) is 2.40. The molecule has 1 aromatic carbocycles. The molecule has 3 nitrogen and oxygen atoms in total. The number of carbonyl (C=O) groups is 1. The summed E-state index contributed by atoms with van der Waals surface area (Å²) < 4.78 is 5.35. The fourth-order valence-electron chi connectivity index (χ4n) is 1.43. The molecule has 1 aromatic rings. The van der Waals surface area contributed by atoms with Crippen molar-refractivity contribution in [3.8, 4) is 5.75 Å². The Morgan fingerprint density at radius 3 is 2.38 bits per heavy atom. The standard InChI is InChI=1S/C13H18O3/c1-8(2)11-5-9(3)6-12(7-11)16-10(4)13(14)15/h5-8,10H,1-4H3,(H,14,15). The zero-order valence-corrected chi connectivity index (χ0v) is 10.2. The smallest absolute Gasteiger partial charge is 0.344 e. The molecule has 1 rings (SSSR count). The molecule has 0 aliphatic rings. The molecule has 0 saturated heterocycles. The van der Waals surface area contributed by atoms with Gasteiger partial charge in [-0.15, -0.1) is 0 Å². The van der Waals surface area contributed by atoms with Crippen molar-refractivity contribution in [3.63, 3.8) is 0 Å². The van der Waals surface area contributed by atoms with Crippen molar-refractivity contribution in [2.75, 3.05) is 0 Å². The molecule has 0 aromatic heterocycles. The molecule has 16 heavy (non-hydrogen) atoms. The van der Waals surface area contributed by atoms with Gasteiger partial charge in [-0.25, -0.2) is 4.79 Å². The molecule has 0 amide bonds. The number of hydrogen-bond acceptors (Lipinski definition) is 2. The lowest BCUT2D eigenvalue weighted by Gasteiger charge is -2.14. The summed E-state index contributed by atoms with van der Waals surface area (Å²) in [6.45, 7) is 7.70. The zero-order valence-electron chi connectivity index (χ0n) is 10.2. The van der Waals surface area contributed by atoms with Gasteiger partial charge in [0.1, 0.15) is 5.75 Å². The van der Waals surface area contributed by atoms with Crippen LogP contribution in [0, 0.1) is 6.92 Å². The maximum Gasteiger partial charge on any atom is 0.344 e. The van der Waals surface area contributed by atoms with Crippen molar-refractivity contribution in [2.24, 2.45) is 0 Å². The molecule has 1 N–H and O–H groups in total. The number of benzene rings is 1. The van der Waals surface area contributed by atoms with Crippen molar-refractivity contribution in [3.05, 3.63) is 29.3 Å². The van der Waals surface area contributed by atoms with Gasteiger partial charge in [0, 0.05) is 0 Å². The van der Waals surface area contributed by atoms with Crippen LogP contribution in [0.3, 0.4) is 0 Å². The van der Waals surface area contributed by atoms with Crippen LogP contribution in [0.25, 0.3) is 0 Å². The summed E-state index contributed by atoms with van der Waals surface area (Å²) in [7, 11) is 0. The van der Waals surface area contributed by atoms with Gasteiger partial charge in [0.25, 0.3) is 0 Å². The minimum Gasteiger partial charge on any atom is -0.479 e. The first kappa shape index (κ1) is 12.6. The molecule has 88 valence electrons. The van der Waals surface area contributed by atoms with E-state index in [9.17, 15) is 4.79 Å². The van der Waals surface area contributed by atoms with Gasteiger partial charge >= 0.3 is 5.97 Å². The first-order valence-electron chi connectivity index (χ1n) is 5.41. The predicted molar refractivity (Wildman–Crippen MR) is 63.0 cm³/mol. The summed E-state index contributed by atoms with van der Waals surface area (Å²) in [4.78, 5) is 10.7. The molecule has 0 aliphatic heterocycles. The van der Waals surface area contributed by atoms with E-state index in [1.54, 1.807) is 0 Å². The lowest BCUT2D eigenvalue weighted by Crippen LogP contribution is -2.22. The van der Waals surface area contributed by atoms with Crippen molar-refractivity contribution < 1.29 is 14.6 Å². The Hall–Kier alpha value is -1.51. The topological polar surface area (TPSA) is 46.5 Å². The number of aryl methyl sites for hydroxylation is 1. The maximum atomic E-state index is 10.7. The van der Waals surface area contributed by atoms with Gasteiger partial charge < -0.3 is 9.84 Å². The highest BCUT2D eigenvalue weighted by atomic mass is 16.5. The van der Waals surface area contributed by atoms with Crippen LogP contribution in [0.5, 0.6) is 5.75 Å². The van der Waals surface area contributed by atoms with Gasteiger partial charge in [-0.3, -0.25) is 0 Å². The van der Waals surface area contributed by atoms with Crippen molar-refractivity contribution >= 4 is 5.97 Å². The Morgan fingerprint density at radius 1 is 1.25 bits per heavy atom. The van der Waals surface area contributed by atoms with E-state index in [-0.39, 0.29) is 0 Å². The Bertz CT molecular complexity index is 383. The highest BCUT2D eigenvalue weighted by Gasteiger charge is 2.13. The van der Waals surface area contributed by atoms with Crippen molar-refractivity contribution in [2.45, 2.75) is 39.7 Å². The predicted octanol–water partition coefficient (Wildman–Crippen LogP) is 2.97. The fraction of sp³-hybridized carbons (Fsp3) is 0.462. The SMILES string of the molecule is Cc1cc(OC(C)C(=O)O)cc(C(C)C)c1. The van der Waals surface area contributed by atoms with E-state index in [2.05, 4.69) is 19.9 Å². The summed E-state index contributed by atoms with van der Waals surface area (Å²) in [5, 5.41) is 8.77. The second-order valence-corrected chi connectivity index (χ2v) is 4.33. The number of carboxylic acid groups (broad SMARTS) is 1. The molecule has 3 heteroatoms. The Labute approximate surface area is 96.1 Å². The molecule has 0 saturated carbocycles. The van der Waals surface area contributed by atoms with Crippen LogP contribution in [-0.4, -0.2) is 17.2 Å². The van der Waals surface area contributed by atoms with Crippen molar-refractivity contribution in [1.82, 2.24) is 0 Å². The van der Waals surface area contributed by atoms with Crippen LogP contribution >= 0.6 is 0 Å². The molecule has 0 aliphatic carbocycles. The summed E-state index contributed by atoms with van der Waals surface area (Å²) >= 11 is 0. The maximum absolute atomic E-state index is 10.7. The average Bonchev–Trinajstić information content (AvgIpc) is 2.16. The lowest BCUT2D eigenvalue weighted by atomic mass is 10.0. The number of hydrogen-bond donors (Lipinski definition) is 1. The molecule has 0 fully saturated rings. The summed E-state index contributed by atoms with van der Waals surface area (Å²) in [6, 6.07) is 5.84. The van der Waals surface area contributed by atoms with E-state index in [0.717, 1.165) is 11.1 Å². The first-order valence-corrected chi connectivity index (χ1v) is 5.41. The second-order valence-electron chi connectivity index (χ2n) is 4.33. The van der Waals surface area contributed by atoms with Gasteiger partial charge in [-0.1, -0.05) is 19.9 Å². The van der Waals surface area contributed by atoms with E-state index in [1.807, 2.05) is 19.1 Å². The average molecular weight is 222 g/mol. The monoisotopic (exact) mass is 222 g/mol. The summed E-state index contributed by atoms with van der Waals surface area (Å²) in [5.41, 5.74) is 2.24. The summed E-state index contributed by atoms with van der Waals surface area (Å²) in [6.07, 6.45) is -0.818. The quantitative estimate of drug-likeness (QED) is 0.851. The molecule has 1 unspecified atom stereocenters. The molecule has 1 atom stereocenters. The molecule has 0 spiro atoms. The zero-order chi connectivity index (χ0) is 12.3. The van der Waals surface area contributed by atoms with Crippen LogP contribution in [0.15, 0.2) is 18.2 Å². The number of ether oxygens (including phenoxy) is 1. The number of rotatable bonds is 4. The number of carboxylic acids is 1. The minimum atomic E-state index is -0.951. The second kappa shape index (κ2) is 5.01. The molecule has 0 radical (unpaired) electrons. The molecular formula is C13H18O3. The number of aliphatic carboxylic acids is 1. The van der Waals surface area contributed by atoms with Crippen LogP contribution in [-0.2, 0) is 4.79 Å². The summed E-state index contributed by atoms with van der Waals surface area (Å²) in [5.74, 6) is 0.0774. The van der Waals surface area contributed by atoms with E-state index in [4.69, 9.17) is 9.84 Å². The third-order valence-corrected chi connectivity index (χ3v) is 2.40. The van der Waals surface area contributed by atoms with E-state index in [1.165, 1.54) is 6.92 Å². The first-order chi connectivity index (χ1) is 7.40. The van der Waals surface area contributed by atoms with E-state index >= 15 is 0 Å². The van der Waals surface area contributed by atoms with Gasteiger partial charge in [0.2, 0.25) is 0 Å². The van der Waals surface area contributed by atoms with Crippen LogP contribution in [0.4, 0.5) is 0 Å². The molecule has 0 bridgehead atoms. The Kier molecular flexibility index (Phi) is 3.93. The van der Waals surface area contributed by atoms with E-state index < -0.39 is 12.1 Å². The van der Waals surface area contributed by atoms with Gasteiger partial charge in [0.15, 0.2) is 6.10 Å². The van der Waals surface area contributed by atoms with Gasteiger partial charge in [-0.2, -0.15) is 0 Å². The van der Waals surface area contributed by atoms with Crippen LogP contribution in [0.1, 0.15) is 37.8 Å².